The maximum absolute atomic E-state index is 12.9. The normalized spacial score (nSPS) is 10.4. The van der Waals surface area contributed by atoms with Crippen LogP contribution >= 0.6 is 0 Å². The number of oxime groups is 1. The minimum atomic E-state index is -0.915. The van der Waals surface area contributed by atoms with Crippen LogP contribution in [0.4, 0.5) is 8.78 Å². The molecule has 0 aliphatic heterocycles. The summed E-state index contributed by atoms with van der Waals surface area (Å²) >= 11 is 0. The number of benzene rings is 2. The molecule has 100 valence electrons. The number of rotatable bonds is 4. The van der Waals surface area contributed by atoms with E-state index >= 15 is 0 Å². The molecule has 5 heteroatoms. The number of hydrogen-bond acceptors (Lipinski definition) is 3. The van der Waals surface area contributed by atoms with Crippen LogP contribution in [0, 0.1) is 23.0 Å². The number of nitrogens with zero attached hydrogens (tertiary/aromatic N) is 2. The standard InChI is InChI=1S/C15H10F2N2O/c16-14-6-5-13(7-15(14)17)10-20-19-9-12-3-1-11(8-18)2-4-12/h1-7,9H,10H2. The van der Waals surface area contributed by atoms with Crippen molar-refractivity contribution in [2.24, 2.45) is 5.16 Å². The summed E-state index contributed by atoms with van der Waals surface area (Å²) in [5.41, 5.74) is 1.82. The summed E-state index contributed by atoms with van der Waals surface area (Å²) in [4.78, 5) is 4.99. The van der Waals surface area contributed by atoms with E-state index in [1.807, 2.05) is 6.07 Å². The highest BCUT2D eigenvalue weighted by Crippen LogP contribution is 2.09. The molecule has 0 atom stereocenters. The van der Waals surface area contributed by atoms with Gasteiger partial charge in [-0.25, -0.2) is 8.78 Å². The molecule has 0 bridgehead atoms. The van der Waals surface area contributed by atoms with E-state index in [-0.39, 0.29) is 6.61 Å². The van der Waals surface area contributed by atoms with Gasteiger partial charge < -0.3 is 4.84 Å². The summed E-state index contributed by atoms with van der Waals surface area (Å²) < 4.78 is 25.6. The van der Waals surface area contributed by atoms with E-state index in [9.17, 15) is 8.78 Å². The zero-order chi connectivity index (χ0) is 14.4. The summed E-state index contributed by atoms with van der Waals surface area (Å²) in [6, 6.07) is 12.3. The van der Waals surface area contributed by atoms with Gasteiger partial charge in [0.2, 0.25) is 0 Å². The molecule has 0 saturated carbocycles. The average Bonchev–Trinajstić information content (AvgIpc) is 2.48. The predicted molar refractivity (Wildman–Crippen MR) is 69.9 cm³/mol. The Morgan fingerprint density at radius 3 is 2.50 bits per heavy atom. The number of hydrogen-bond donors (Lipinski definition) is 0. The molecule has 0 fully saturated rings. The molecule has 0 aliphatic carbocycles. The molecule has 0 heterocycles. The van der Waals surface area contributed by atoms with Crippen molar-refractivity contribution in [1.82, 2.24) is 0 Å². The van der Waals surface area contributed by atoms with Gasteiger partial charge in [0.05, 0.1) is 17.8 Å². The molecule has 0 N–H and O–H groups in total. The molecule has 0 saturated heterocycles. The molecule has 0 radical (unpaired) electrons. The Morgan fingerprint density at radius 2 is 1.85 bits per heavy atom. The molecular weight excluding hydrogens is 262 g/mol. The van der Waals surface area contributed by atoms with Crippen LogP contribution < -0.4 is 0 Å². The highest BCUT2D eigenvalue weighted by molar-refractivity contribution is 5.79. The Hall–Kier alpha value is -2.74. The largest absolute Gasteiger partial charge is 0.391 e. The van der Waals surface area contributed by atoms with E-state index < -0.39 is 11.6 Å². The van der Waals surface area contributed by atoms with Gasteiger partial charge in [0.25, 0.3) is 0 Å². The van der Waals surface area contributed by atoms with E-state index in [0.717, 1.165) is 17.7 Å². The number of halogens is 2. The van der Waals surface area contributed by atoms with E-state index in [1.165, 1.54) is 12.3 Å². The van der Waals surface area contributed by atoms with Crippen LogP contribution in [0.1, 0.15) is 16.7 Å². The third kappa shape index (κ3) is 3.62. The van der Waals surface area contributed by atoms with Gasteiger partial charge in [-0.3, -0.25) is 0 Å². The minimum absolute atomic E-state index is 0.0456. The molecule has 2 rings (SSSR count). The molecule has 0 amide bonds. The molecule has 0 aromatic heterocycles. The summed E-state index contributed by atoms with van der Waals surface area (Å²) in [6.07, 6.45) is 1.47. The molecule has 3 nitrogen and oxygen atoms in total. The van der Waals surface area contributed by atoms with Gasteiger partial charge in [-0.05, 0) is 35.4 Å². The van der Waals surface area contributed by atoms with Gasteiger partial charge in [0, 0.05) is 0 Å². The maximum Gasteiger partial charge on any atom is 0.159 e. The van der Waals surface area contributed by atoms with E-state index in [2.05, 4.69) is 5.16 Å². The fraction of sp³-hybridized carbons (Fsp3) is 0.0667. The van der Waals surface area contributed by atoms with Gasteiger partial charge in [0.1, 0.15) is 6.61 Å². The maximum atomic E-state index is 12.9. The fourth-order valence-electron chi connectivity index (χ4n) is 1.48. The zero-order valence-corrected chi connectivity index (χ0v) is 10.4. The minimum Gasteiger partial charge on any atom is -0.391 e. The fourth-order valence-corrected chi connectivity index (χ4v) is 1.48. The van der Waals surface area contributed by atoms with Gasteiger partial charge in [-0.2, -0.15) is 5.26 Å². The predicted octanol–water partition coefficient (Wildman–Crippen LogP) is 3.39. The van der Waals surface area contributed by atoms with Crippen LogP contribution in [-0.4, -0.2) is 6.21 Å². The topological polar surface area (TPSA) is 45.4 Å². The lowest BCUT2D eigenvalue weighted by Gasteiger charge is -2.00. The Labute approximate surface area is 114 Å². The quantitative estimate of drug-likeness (QED) is 0.632. The van der Waals surface area contributed by atoms with Gasteiger partial charge >= 0.3 is 0 Å². The first kappa shape index (κ1) is 13.7. The van der Waals surface area contributed by atoms with Crippen molar-refractivity contribution in [3.05, 3.63) is 70.8 Å². The molecule has 0 spiro atoms. The van der Waals surface area contributed by atoms with Gasteiger partial charge in [-0.15, -0.1) is 0 Å². The third-order valence-electron chi connectivity index (χ3n) is 2.53. The molecule has 2 aromatic carbocycles. The Kier molecular flexibility index (Phi) is 4.40. The van der Waals surface area contributed by atoms with Crippen molar-refractivity contribution in [1.29, 1.82) is 5.26 Å². The lowest BCUT2D eigenvalue weighted by Crippen LogP contribution is -1.91. The first-order valence-corrected chi connectivity index (χ1v) is 5.78. The third-order valence-corrected chi connectivity index (χ3v) is 2.53. The molecule has 2 aromatic rings. The SMILES string of the molecule is N#Cc1ccc(C=NOCc2ccc(F)c(F)c2)cc1. The van der Waals surface area contributed by atoms with E-state index in [0.29, 0.717) is 11.1 Å². The Bertz CT molecular complexity index is 661. The summed E-state index contributed by atoms with van der Waals surface area (Å²) in [5.74, 6) is -1.81. The van der Waals surface area contributed by atoms with Crippen LogP contribution in [-0.2, 0) is 11.4 Å². The van der Waals surface area contributed by atoms with Crippen LogP contribution in [0.3, 0.4) is 0 Å². The smallest absolute Gasteiger partial charge is 0.159 e. The summed E-state index contributed by atoms with van der Waals surface area (Å²) in [6.45, 7) is 0.0456. The first-order chi connectivity index (χ1) is 9.69. The second kappa shape index (κ2) is 6.43. The van der Waals surface area contributed by atoms with Crippen molar-refractivity contribution < 1.29 is 13.6 Å². The Balaban J connectivity index is 1.90. The van der Waals surface area contributed by atoms with Crippen molar-refractivity contribution in [2.45, 2.75) is 6.61 Å². The lowest BCUT2D eigenvalue weighted by atomic mass is 10.2. The molecular formula is C15H10F2N2O. The van der Waals surface area contributed by atoms with Crippen molar-refractivity contribution in [3.8, 4) is 6.07 Å². The summed E-state index contributed by atoms with van der Waals surface area (Å²) in [5, 5.41) is 12.4. The molecule has 20 heavy (non-hydrogen) atoms. The van der Waals surface area contributed by atoms with Gasteiger partial charge in [0.15, 0.2) is 11.6 Å². The second-order valence-corrected chi connectivity index (χ2v) is 3.99. The zero-order valence-electron chi connectivity index (χ0n) is 10.4. The van der Waals surface area contributed by atoms with Crippen molar-refractivity contribution >= 4 is 6.21 Å². The van der Waals surface area contributed by atoms with Gasteiger partial charge in [-0.1, -0.05) is 23.4 Å². The highest BCUT2D eigenvalue weighted by atomic mass is 19.2. The van der Waals surface area contributed by atoms with Crippen LogP contribution in [0.15, 0.2) is 47.6 Å². The highest BCUT2D eigenvalue weighted by Gasteiger charge is 2.02. The summed E-state index contributed by atoms with van der Waals surface area (Å²) in [7, 11) is 0. The van der Waals surface area contributed by atoms with Crippen LogP contribution in [0.5, 0.6) is 0 Å². The van der Waals surface area contributed by atoms with E-state index in [1.54, 1.807) is 24.3 Å². The molecule has 0 unspecified atom stereocenters. The van der Waals surface area contributed by atoms with E-state index in [4.69, 9.17) is 10.1 Å². The van der Waals surface area contributed by atoms with Crippen molar-refractivity contribution in [2.75, 3.05) is 0 Å². The van der Waals surface area contributed by atoms with Crippen LogP contribution in [0.25, 0.3) is 0 Å². The average molecular weight is 272 g/mol. The monoisotopic (exact) mass is 272 g/mol. The molecule has 0 aliphatic rings. The van der Waals surface area contributed by atoms with Crippen LogP contribution in [0.2, 0.25) is 0 Å². The number of nitriles is 1. The van der Waals surface area contributed by atoms with Crippen molar-refractivity contribution in [3.63, 3.8) is 0 Å². The first-order valence-electron chi connectivity index (χ1n) is 5.78. The Morgan fingerprint density at radius 1 is 1.10 bits per heavy atom. The second-order valence-electron chi connectivity index (χ2n) is 3.99. The lowest BCUT2D eigenvalue weighted by molar-refractivity contribution is 0.132.